The molecule has 0 N–H and O–H groups in total. The monoisotopic (exact) mass is 289 g/mol. The summed E-state index contributed by atoms with van der Waals surface area (Å²) in [5.41, 5.74) is 6.51. The fourth-order valence-electron chi connectivity index (χ4n) is 3.02. The molecular weight excluding hydrogens is 270 g/mol. The van der Waals surface area contributed by atoms with E-state index in [1.165, 1.54) is 0 Å². The Hall–Kier alpha value is -2.42. The molecule has 3 nitrogen and oxygen atoms in total. The van der Waals surface area contributed by atoms with Crippen molar-refractivity contribution in [3.63, 3.8) is 0 Å². The van der Waals surface area contributed by atoms with E-state index in [9.17, 15) is 0 Å². The zero-order valence-corrected chi connectivity index (χ0v) is 13.4. The third-order valence-electron chi connectivity index (χ3n) is 4.19. The Morgan fingerprint density at radius 1 is 0.909 bits per heavy atom. The lowest BCUT2D eigenvalue weighted by molar-refractivity contribution is 0.571. The summed E-state index contributed by atoms with van der Waals surface area (Å²) >= 11 is 0. The number of pyridine rings is 2. The number of imidazole rings is 1. The van der Waals surface area contributed by atoms with Crippen molar-refractivity contribution < 1.29 is 0 Å². The summed E-state index contributed by atoms with van der Waals surface area (Å²) in [5.74, 6) is 0. The lowest BCUT2D eigenvalue weighted by Crippen LogP contribution is -2.13. The highest BCUT2D eigenvalue weighted by Crippen LogP contribution is 2.28. The zero-order chi connectivity index (χ0) is 15.5. The fraction of sp³-hybridized carbons (Fsp3) is 0.263. The minimum absolute atomic E-state index is 0.0500. The molecule has 3 heteroatoms. The largest absolute Gasteiger partial charge is 0.296 e. The highest BCUT2D eigenvalue weighted by molar-refractivity contribution is 5.97. The molecule has 1 aromatic carbocycles. The van der Waals surface area contributed by atoms with Gasteiger partial charge in [0.05, 0.1) is 16.6 Å². The fourth-order valence-corrected chi connectivity index (χ4v) is 3.02. The van der Waals surface area contributed by atoms with Gasteiger partial charge >= 0.3 is 0 Å². The van der Waals surface area contributed by atoms with E-state index in [2.05, 4.69) is 68.5 Å². The predicted molar refractivity (Wildman–Crippen MR) is 91.4 cm³/mol. The summed E-state index contributed by atoms with van der Waals surface area (Å²) in [6.45, 7) is 8.69. The molecule has 3 heterocycles. The molecule has 3 aromatic heterocycles. The number of hydrogen-bond donors (Lipinski definition) is 0. The standard InChI is InChI=1S/C19H19N3/c1-12-11-15-13(9-10-17(20-15)19(2,3)4)18-21-14-7-5-6-8-16(14)22(12)18/h5-11H,1-4H3. The van der Waals surface area contributed by atoms with Gasteiger partial charge in [0.1, 0.15) is 5.65 Å². The highest BCUT2D eigenvalue weighted by atomic mass is 15.0. The summed E-state index contributed by atoms with van der Waals surface area (Å²) < 4.78 is 2.22. The first-order valence-corrected chi connectivity index (χ1v) is 7.63. The van der Waals surface area contributed by atoms with Crippen LogP contribution in [0.3, 0.4) is 0 Å². The van der Waals surface area contributed by atoms with E-state index < -0.39 is 0 Å². The Balaban J connectivity index is 2.16. The summed E-state index contributed by atoms with van der Waals surface area (Å²) in [7, 11) is 0. The van der Waals surface area contributed by atoms with Crippen LogP contribution in [0.25, 0.3) is 27.6 Å². The Morgan fingerprint density at radius 2 is 1.68 bits per heavy atom. The first-order chi connectivity index (χ1) is 10.4. The van der Waals surface area contributed by atoms with Crippen molar-refractivity contribution in [3.05, 3.63) is 53.9 Å². The number of benzene rings is 1. The lowest BCUT2D eigenvalue weighted by Gasteiger charge is -2.18. The van der Waals surface area contributed by atoms with Gasteiger partial charge in [0, 0.05) is 22.2 Å². The molecule has 0 radical (unpaired) electrons. The molecule has 0 saturated carbocycles. The topological polar surface area (TPSA) is 30.2 Å². The Kier molecular flexibility index (Phi) is 2.59. The van der Waals surface area contributed by atoms with Crippen molar-refractivity contribution in [2.75, 3.05) is 0 Å². The van der Waals surface area contributed by atoms with Crippen molar-refractivity contribution in [2.45, 2.75) is 33.1 Å². The molecule has 0 aliphatic carbocycles. The van der Waals surface area contributed by atoms with Crippen LogP contribution in [-0.2, 0) is 5.41 Å². The molecule has 0 fully saturated rings. The Morgan fingerprint density at radius 3 is 2.45 bits per heavy atom. The average molecular weight is 289 g/mol. The van der Waals surface area contributed by atoms with Crippen molar-refractivity contribution in [2.24, 2.45) is 0 Å². The third-order valence-corrected chi connectivity index (χ3v) is 4.19. The van der Waals surface area contributed by atoms with Gasteiger partial charge in [-0.05, 0) is 37.3 Å². The zero-order valence-electron chi connectivity index (χ0n) is 13.4. The first kappa shape index (κ1) is 13.3. The smallest absolute Gasteiger partial charge is 0.147 e. The van der Waals surface area contributed by atoms with E-state index in [1.807, 2.05) is 6.07 Å². The molecule has 0 bridgehead atoms. The quantitative estimate of drug-likeness (QED) is 0.472. The average Bonchev–Trinajstić information content (AvgIpc) is 2.86. The van der Waals surface area contributed by atoms with Crippen LogP contribution in [0.1, 0.15) is 32.2 Å². The highest BCUT2D eigenvalue weighted by Gasteiger charge is 2.17. The van der Waals surface area contributed by atoms with Gasteiger partial charge in [0.15, 0.2) is 0 Å². The van der Waals surface area contributed by atoms with E-state index in [1.54, 1.807) is 0 Å². The van der Waals surface area contributed by atoms with E-state index >= 15 is 0 Å². The first-order valence-electron chi connectivity index (χ1n) is 7.63. The van der Waals surface area contributed by atoms with Crippen molar-refractivity contribution in [1.29, 1.82) is 0 Å². The van der Waals surface area contributed by atoms with E-state index in [-0.39, 0.29) is 5.41 Å². The minimum atomic E-state index is 0.0500. The second-order valence-electron chi connectivity index (χ2n) is 6.92. The molecule has 4 rings (SSSR count). The molecule has 110 valence electrons. The van der Waals surface area contributed by atoms with Crippen LogP contribution in [0.4, 0.5) is 0 Å². The molecule has 0 atom stereocenters. The van der Waals surface area contributed by atoms with Crippen molar-refractivity contribution in [3.8, 4) is 0 Å². The SMILES string of the molecule is Cc1cc2nc(C(C)(C)C)ccc2c2nc3ccccc3n12. The molecule has 0 unspecified atom stereocenters. The van der Waals surface area contributed by atoms with Crippen LogP contribution >= 0.6 is 0 Å². The normalized spacial score (nSPS) is 12.5. The molecule has 0 saturated heterocycles. The summed E-state index contributed by atoms with van der Waals surface area (Å²) in [6, 6.07) is 14.7. The summed E-state index contributed by atoms with van der Waals surface area (Å²) in [5, 5.41) is 1.11. The van der Waals surface area contributed by atoms with Crippen molar-refractivity contribution >= 4 is 27.6 Å². The van der Waals surface area contributed by atoms with Crippen LogP contribution in [-0.4, -0.2) is 14.4 Å². The van der Waals surface area contributed by atoms with Crippen LogP contribution in [0, 0.1) is 6.92 Å². The molecule has 0 spiro atoms. The van der Waals surface area contributed by atoms with Gasteiger partial charge in [0.2, 0.25) is 0 Å². The number of aryl methyl sites for hydroxylation is 1. The maximum atomic E-state index is 4.87. The Bertz CT molecular complexity index is 1020. The van der Waals surface area contributed by atoms with Crippen LogP contribution in [0.5, 0.6) is 0 Å². The molecular formula is C19H19N3. The van der Waals surface area contributed by atoms with Crippen LogP contribution < -0.4 is 0 Å². The summed E-state index contributed by atoms with van der Waals surface area (Å²) in [6.07, 6.45) is 0. The van der Waals surface area contributed by atoms with Gasteiger partial charge < -0.3 is 0 Å². The van der Waals surface area contributed by atoms with Gasteiger partial charge in [-0.25, -0.2) is 4.98 Å². The van der Waals surface area contributed by atoms with E-state index in [0.717, 1.165) is 39.0 Å². The molecule has 4 aromatic rings. The molecule has 22 heavy (non-hydrogen) atoms. The van der Waals surface area contributed by atoms with Crippen LogP contribution in [0.15, 0.2) is 42.5 Å². The Labute approximate surface area is 129 Å². The predicted octanol–water partition coefficient (Wildman–Crippen LogP) is 4.64. The van der Waals surface area contributed by atoms with Crippen LogP contribution in [0.2, 0.25) is 0 Å². The number of aromatic nitrogens is 3. The third kappa shape index (κ3) is 1.82. The van der Waals surface area contributed by atoms with Gasteiger partial charge in [-0.1, -0.05) is 32.9 Å². The maximum absolute atomic E-state index is 4.87. The van der Waals surface area contributed by atoms with Gasteiger partial charge in [0.25, 0.3) is 0 Å². The van der Waals surface area contributed by atoms with Gasteiger partial charge in [-0.2, -0.15) is 0 Å². The number of para-hydroxylation sites is 2. The maximum Gasteiger partial charge on any atom is 0.147 e. The second kappa shape index (κ2) is 4.29. The van der Waals surface area contributed by atoms with E-state index in [4.69, 9.17) is 9.97 Å². The van der Waals surface area contributed by atoms with Gasteiger partial charge in [-0.3, -0.25) is 9.38 Å². The number of hydrogen-bond acceptors (Lipinski definition) is 2. The molecule has 0 amide bonds. The number of fused-ring (bicyclic) bond motifs is 5. The number of nitrogens with zero attached hydrogens (tertiary/aromatic N) is 3. The minimum Gasteiger partial charge on any atom is -0.296 e. The molecule has 0 aliphatic rings. The van der Waals surface area contributed by atoms with Gasteiger partial charge in [-0.15, -0.1) is 0 Å². The van der Waals surface area contributed by atoms with E-state index in [0.29, 0.717) is 0 Å². The number of rotatable bonds is 0. The lowest BCUT2D eigenvalue weighted by atomic mass is 9.91. The second-order valence-corrected chi connectivity index (χ2v) is 6.92. The summed E-state index contributed by atoms with van der Waals surface area (Å²) in [4.78, 5) is 9.69. The molecule has 0 aliphatic heterocycles. The van der Waals surface area contributed by atoms with Crippen molar-refractivity contribution in [1.82, 2.24) is 14.4 Å².